The average molecular weight is 315 g/mol. The summed E-state index contributed by atoms with van der Waals surface area (Å²) < 4.78 is 7.62. The summed E-state index contributed by atoms with van der Waals surface area (Å²) in [6, 6.07) is 13.5. The van der Waals surface area contributed by atoms with Gasteiger partial charge in [0, 0.05) is 23.7 Å². The maximum atomic E-state index is 11.1. The first-order valence-electron chi connectivity index (χ1n) is 7.00. The van der Waals surface area contributed by atoms with Crippen molar-refractivity contribution in [3.63, 3.8) is 0 Å². The van der Waals surface area contributed by atoms with Gasteiger partial charge in [0.25, 0.3) is 0 Å². The number of carbonyl (C=O) groups is 1. The van der Waals surface area contributed by atoms with Crippen molar-refractivity contribution in [3.8, 4) is 0 Å². The third-order valence-corrected chi connectivity index (χ3v) is 3.64. The van der Waals surface area contributed by atoms with E-state index in [4.69, 9.17) is 16.3 Å². The number of pyridine rings is 1. The number of rotatable bonds is 6. The van der Waals surface area contributed by atoms with Crippen LogP contribution in [0.15, 0.2) is 48.7 Å². The van der Waals surface area contributed by atoms with Gasteiger partial charge in [0.15, 0.2) is 6.29 Å². The summed E-state index contributed by atoms with van der Waals surface area (Å²) in [5.41, 5.74) is 2.40. The number of aromatic nitrogens is 2. The topological polar surface area (TPSA) is 44.1 Å². The van der Waals surface area contributed by atoms with Crippen LogP contribution in [0.4, 0.5) is 0 Å². The van der Waals surface area contributed by atoms with Gasteiger partial charge in [0.05, 0.1) is 13.2 Å². The Labute approximate surface area is 133 Å². The zero-order valence-corrected chi connectivity index (χ0v) is 12.7. The molecule has 4 nitrogen and oxygen atoms in total. The molecule has 0 unspecified atom stereocenters. The van der Waals surface area contributed by atoms with Crippen LogP contribution in [0.2, 0.25) is 5.15 Å². The molecule has 0 bridgehead atoms. The fraction of sp³-hybridized carbons (Fsp3) is 0.176. The second kappa shape index (κ2) is 6.73. The van der Waals surface area contributed by atoms with E-state index in [9.17, 15) is 4.79 Å². The molecular formula is C17H15ClN2O2. The quantitative estimate of drug-likeness (QED) is 0.396. The molecule has 0 aliphatic rings. The molecule has 22 heavy (non-hydrogen) atoms. The molecule has 0 fully saturated rings. The molecule has 0 spiro atoms. The minimum Gasteiger partial charge on any atom is -0.375 e. The van der Waals surface area contributed by atoms with Crippen molar-refractivity contribution in [2.75, 3.05) is 6.61 Å². The molecule has 3 aromatic rings. The van der Waals surface area contributed by atoms with Gasteiger partial charge in [-0.2, -0.15) is 0 Å². The Morgan fingerprint density at radius 2 is 2.05 bits per heavy atom. The lowest BCUT2D eigenvalue weighted by molar-refractivity contribution is 0.112. The van der Waals surface area contributed by atoms with E-state index >= 15 is 0 Å². The van der Waals surface area contributed by atoms with Gasteiger partial charge in [-0.05, 0) is 17.7 Å². The SMILES string of the molecule is O=Cc1cc(Cl)nc2c1ccn2CCOCc1ccccc1. The molecule has 0 saturated carbocycles. The lowest BCUT2D eigenvalue weighted by Crippen LogP contribution is -2.06. The third kappa shape index (κ3) is 3.18. The highest BCUT2D eigenvalue weighted by atomic mass is 35.5. The average Bonchev–Trinajstić information content (AvgIpc) is 2.94. The number of halogens is 1. The Balaban J connectivity index is 1.67. The van der Waals surface area contributed by atoms with Gasteiger partial charge in [-0.1, -0.05) is 41.9 Å². The van der Waals surface area contributed by atoms with E-state index in [0.29, 0.717) is 36.1 Å². The first-order chi connectivity index (χ1) is 10.8. The van der Waals surface area contributed by atoms with Crippen LogP contribution in [0.5, 0.6) is 0 Å². The van der Waals surface area contributed by atoms with E-state index in [1.807, 2.05) is 47.2 Å². The Morgan fingerprint density at radius 3 is 2.82 bits per heavy atom. The van der Waals surface area contributed by atoms with Crippen molar-refractivity contribution in [1.29, 1.82) is 0 Å². The number of nitrogens with zero attached hydrogens (tertiary/aromatic N) is 2. The Morgan fingerprint density at radius 1 is 1.23 bits per heavy atom. The van der Waals surface area contributed by atoms with Crippen LogP contribution in [0, 0.1) is 0 Å². The summed E-state index contributed by atoms with van der Waals surface area (Å²) in [4.78, 5) is 15.4. The van der Waals surface area contributed by atoms with Gasteiger partial charge in [-0.3, -0.25) is 4.79 Å². The lowest BCUT2D eigenvalue weighted by atomic mass is 10.2. The normalized spacial score (nSPS) is 11.0. The molecule has 0 N–H and O–H groups in total. The summed E-state index contributed by atoms with van der Waals surface area (Å²) in [6.07, 6.45) is 2.69. The maximum Gasteiger partial charge on any atom is 0.150 e. The van der Waals surface area contributed by atoms with E-state index in [2.05, 4.69) is 4.98 Å². The molecule has 2 aromatic heterocycles. The molecule has 0 radical (unpaired) electrons. The number of hydrogen-bond donors (Lipinski definition) is 0. The van der Waals surface area contributed by atoms with Crippen LogP contribution in [-0.4, -0.2) is 22.4 Å². The molecular weight excluding hydrogens is 300 g/mol. The maximum absolute atomic E-state index is 11.1. The zero-order valence-electron chi connectivity index (χ0n) is 11.9. The van der Waals surface area contributed by atoms with Gasteiger partial charge >= 0.3 is 0 Å². The van der Waals surface area contributed by atoms with Crippen LogP contribution in [0.25, 0.3) is 11.0 Å². The molecule has 0 amide bonds. The molecule has 0 aliphatic carbocycles. The summed E-state index contributed by atoms with van der Waals surface area (Å²) in [5, 5.41) is 1.13. The Hall–Kier alpha value is -2.17. The van der Waals surface area contributed by atoms with Gasteiger partial charge in [-0.15, -0.1) is 0 Å². The van der Waals surface area contributed by atoms with Crippen LogP contribution in [0.1, 0.15) is 15.9 Å². The third-order valence-electron chi connectivity index (χ3n) is 3.45. The van der Waals surface area contributed by atoms with Crippen LogP contribution < -0.4 is 0 Å². The van der Waals surface area contributed by atoms with E-state index in [1.165, 1.54) is 0 Å². The number of carbonyl (C=O) groups excluding carboxylic acids is 1. The first-order valence-corrected chi connectivity index (χ1v) is 7.38. The minimum absolute atomic E-state index is 0.319. The molecule has 1 aromatic carbocycles. The zero-order chi connectivity index (χ0) is 15.4. The molecule has 0 aliphatic heterocycles. The fourth-order valence-corrected chi connectivity index (χ4v) is 2.56. The van der Waals surface area contributed by atoms with Gasteiger partial charge in [-0.25, -0.2) is 4.98 Å². The largest absolute Gasteiger partial charge is 0.375 e. The van der Waals surface area contributed by atoms with E-state index in [0.717, 1.165) is 17.2 Å². The monoisotopic (exact) mass is 314 g/mol. The van der Waals surface area contributed by atoms with Crippen molar-refractivity contribution in [2.24, 2.45) is 0 Å². The predicted octanol–water partition coefficient (Wildman–Crippen LogP) is 3.72. The second-order valence-electron chi connectivity index (χ2n) is 4.94. The smallest absolute Gasteiger partial charge is 0.150 e. The summed E-state index contributed by atoms with van der Waals surface area (Å²) >= 11 is 5.96. The first kappa shape index (κ1) is 14.8. The summed E-state index contributed by atoms with van der Waals surface area (Å²) in [5.74, 6) is 0. The van der Waals surface area contributed by atoms with Crippen molar-refractivity contribution in [3.05, 3.63) is 64.9 Å². The Kier molecular flexibility index (Phi) is 4.51. The van der Waals surface area contributed by atoms with Crippen molar-refractivity contribution >= 4 is 28.9 Å². The van der Waals surface area contributed by atoms with Gasteiger partial charge in [0.2, 0.25) is 0 Å². The van der Waals surface area contributed by atoms with Crippen molar-refractivity contribution in [2.45, 2.75) is 13.2 Å². The second-order valence-corrected chi connectivity index (χ2v) is 5.32. The highest BCUT2D eigenvalue weighted by Crippen LogP contribution is 2.21. The highest BCUT2D eigenvalue weighted by molar-refractivity contribution is 6.30. The fourth-order valence-electron chi connectivity index (χ4n) is 2.36. The molecule has 3 rings (SSSR count). The predicted molar refractivity (Wildman–Crippen MR) is 86.2 cm³/mol. The summed E-state index contributed by atoms with van der Waals surface area (Å²) in [6.45, 7) is 1.79. The van der Waals surface area contributed by atoms with Gasteiger partial charge in [0.1, 0.15) is 10.8 Å². The number of fused-ring (bicyclic) bond motifs is 1. The van der Waals surface area contributed by atoms with E-state index < -0.39 is 0 Å². The van der Waals surface area contributed by atoms with E-state index in [-0.39, 0.29) is 0 Å². The number of ether oxygens (including phenoxy) is 1. The molecule has 2 heterocycles. The standard InChI is InChI=1S/C17H15ClN2O2/c18-16-10-14(11-21)15-6-7-20(17(15)19-16)8-9-22-12-13-4-2-1-3-5-13/h1-7,10-11H,8-9,12H2. The van der Waals surface area contributed by atoms with Crippen LogP contribution in [-0.2, 0) is 17.9 Å². The highest BCUT2D eigenvalue weighted by Gasteiger charge is 2.08. The van der Waals surface area contributed by atoms with Crippen molar-refractivity contribution < 1.29 is 9.53 Å². The molecule has 5 heteroatoms. The molecule has 0 atom stereocenters. The lowest BCUT2D eigenvalue weighted by Gasteiger charge is -2.07. The number of hydrogen-bond acceptors (Lipinski definition) is 3. The molecule has 0 saturated heterocycles. The summed E-state index contributed by atoms with van der Waals surface area (Å²) in [7, 11) is 0. The van der Waals surface area contributed by atoms with Gasteiger partial charge < -0.3 is 9.30 Å². The van der Waals surface area contributed by atoms with Crippen molar-refractivity contribution in [1.82, 2.24) is 9.55 Å². The van der Waals surface area contributed by atoms with Crippen LogP contribution in [0.3, 0.4) is 0 Å². The number of benzene rings is 1. The van der Waals surface area contributed by atoms with E-state index in [1.54, 1.807) is 6.07 Å². The number of aldehydes is 1. The van der Waals surface area contributed by atoms with Crippen LogP contribution >= 0.6 is 11.6 Å². The minimum atomic E-state index is 0.319. The molecule has 112 valence electrons. The Bertz CT molecular complexity index is 784.